The van der Waals surface area contributed by atoms with Gasteiger partial charge in [0.2, 0.25) is 0 Å². The molecule has 118 valence electrons. The zero-order valence-corrected chi connectivity index (χ0v) is 13.2. The standard InChI is InChI=1S/C17H12N4O2S/c18-8-13-12(11-1-3-20-4-2-11)7-14(21-17(13)19)15-5-10(9-24-15)6-16(22)23/h1-5,7,9H,6H2,(H2,19,21)(H,22,23). The van der Waals surface area contributed by atoms with Gasteiger partial charge in [-0.3, -0.25) is 9.78 Å². The number of rotatable bonds is 4. The molecule has 0 aromatic carbocycles. The van der Waals surface area contributed by atoms with Crippen LogP contribution in [0, 0.1) is 11.3 Å². The maximum absolute atomic E-state index is 10.8. The van der Waals surface area contributed by atoms with E-state index < -0.39 is 5.97 Å². The van der Waals surface area contributed by atoms with Crippen LogP contribution in [0.3, 0.4) is 0 Å². The number of hydrogen-bond acceptors (Lipinski definition) is 6. The summed E-state index contributed by atoms with van der Waals surface area (Å²) in [7, 11) is 0. The zero-order valence-electron chi connectivity index (χ0n) is 12.4. The summed E-state index contributed by atoms with van der Waals surface area (Å²) in [5.41, 5.74) is 9.08. The fraction of sp³-hybridized carbons (Fsp3) is 0.0588. The molecule has 0 saturated heterocycles. The Balaban J connectivity index is 2.10. The molecule has 0 fully saturated rings. The van der Waals surface area contributed by atoms with E-state index in [0.29, 0.717) is 22.4 Å². The van der Waals surface area contributed by atoms with Crippen LogP contribution in [0.2, 0.25) is 0 Å². The smallest absolute Gasteiger partial charge is 0.307 e. The minimum Gasteiger partial charge on any atom is -0.481 e. The molecule has 0 saturated carbocycles. The second-order valence-corrected chi connectivity index (χ2v) is 5.96. The number of nitrogen functional groups attached to an aromatic ring is 1. The van der Waals surface area contributed by atoms with Gasteiger partial charge in [-0.15, -0.1) is 11.3 Å². The average Bonchev–Trinajstić information content (AvgIpc) is 3.02. The van der Waals surface area contributed by atoms with Crippen LogP contribution in [0.1, 0.15) is 11.1 Å². The third-order valence-corrected chi connectivity index (χ3v) is 4.41. The predicted octanol–water partition coefficient (Wildman–Crippen LogP) is 2.95. The summed E-state index contributed by atoms with van der Waals surface area (Å²) in [6, 6.07) is 9.25. The van der Waals surface area contributed by atoms with Crippen molar-refractivity contribution in [2.45, 2.75) is 6.42 Å². The van der Waals surface area contributed by atoms with Crippen molar-refractivity contribution in [2.24, 2.45) is 0 Å². The van der Waals surface area contributed by atoms with Crippen LogP contribution < -0.4 is 5.73 Å². The predicted molar refractivity (Wildman–Crippen MR) is 91.2 cm³/mol. The Hall–Kier alpha value is -3.24. The van der Waals surface area contributed by atoms with Gasteiger partial charge in [0, 0.05) is 18.0 Å². The van der Waals surface area contributed by atoms with Gasteiger partial charge < -0.3 is 10.8 Å². The first kappa shape index (κ1) is 15.6. The molecule has 3 aromatic rings. The van der Waals surface area contributed by atoms with Crippen molar-refractivity contribution >= 4 is 23.1 Å². The van der Waals surface area contributed by atoms with Crippen LogP contribution in [0.5, 0.6) is 0 Å². The second-order valence-electron chi connectivity index (χ2n) is 5.05. The molecule has 0 unspecified atom stereocenters. The summed E-state index contributed by atoms with van der Waals surface area (Å²) >= 11 is 1.39. The Morgan fingerprint density at radius 1 is 1.33 bits per heavy atom. The van der Waals surface area contributed by atoms with E-state index in [1.165, 1.54) is 11.3 Å². The van der Waals surface area contributed by atoms with Crippen LogP contribution in [-0.2, 0) is 11.2 Å². The Labute approximate surface area is 141 Å². The van der Waals surface area contributed by atoms with Crippen LogP contribution in [0.25, 0.3) is 21.7 Å². The van der Waals surface area contributed by atoms with E-state index in [0.717, 1.165) is 10.4 Å². The fourth-order valence-electron chi connectivity index (χ4n) is 2.34. The molecule has 0 radical (unpaired) electrons. The van der Waals surface area contributed by atoms with Crippen molar-refractivity contribution in [1.29, 1.82) is 5.26 Å². The van der Waals surface area contributed by atoms with E-state index in [9.17, 15) is 10.1 Å². The normalized spacial score (nSPS) is 10.3. The number of nitrogens with two attached hydrogens (primary N) is 1. The Kier molecular flexibility index (Phi) is 4.22. The number of aromatic nitrogens is 2. The van der Waals surface area contributed by atoms with Gasteiger partial charge >= 0.3 is 5.97 Å². The second kappa shape index (κ2) is 6.48. The molecule has 0 aliphatic rings. The summed E-state index contributed by atoms with van der Waals surface area (Å²) in [6.07, 6.45) is 3.24. The van der Waals surface area contributed by atoms with Gasteiger partial charge in [0.15, 0.2) is 0 Å². The van der Waals surface area contributed by atoms with Gasteiger partial charge in [-0.2, -0.15) is 5.26 Å². The lowest BCUT2D eigenvalue weighted by atomic mass is 10.0. The van der Waals surface area contributed by atoms with Crippen LogP contribution >= 0.6 is 11.3 Å². The van der Waals surface area contributed by atoms with E-state index in [1.54, 1.807) is 42.0 Å². The highest BCUT2D eigenvalue weighted by Gasteiger charge is 2.15. The average molecular weight is 336 g/mol. The molecule has 3 rings (SSSR count). The highest BCUT2D eigenvalue weighted by molar-refractivity contribution is 7.13. The first-order valence-electron chi connectivity index (χ1n) is 6.99. The van der Waals surface area contributed by atoms with E-state index >= 15 is 0 Å². The van der Waals surface area contributed by atoms with Crippen molar-refractivity contribution < 1.29 is 9.90 Å². The number of thiophene rings is 1. The van der Waals surface area contributed by atoms with Gasteiger partial charge in [0.05, 0.1) is 17.0 Å². The number of anilines is 1. The summed E-state index contributed by atoms with van der Waals surface area (Å²) in [5, 5.41) is 20.0. The third kappa shape index (κ3) is 3.09. The largest absolute Gasteiger partial charge is 0.481 e. The Bertz CT molecular complexity index is 945. The lowest BCUT2D eigenvalue weighted by Crippen LogP contribution is -1.99. The number of nitriles is 1. The van der Waals surface area contributed by atoms with Gasteiger partial charge in [-0.1, -0.05) is 0 Å². The number of aliphatic carboxylic acids is 1. The van der Waals surface area contributed by atoms with Crippen molar-refractivity contribution in [3.05, 3.63) is 53.2 Å². The van der Waals surface area contributed by atoms with Gasteiger partial charge in [-0.05, 0) is 40.8 Å². The van der Waals surface area contributed by atoms with Gasteiger partial charge in [-0.25, -0.2) is 4.98 Å². The number of hydrogen-bond donors (Lipinski definition) is 2. The minimum absolute atomic E-state index is 0.0422. The molecule has 0 atom stereocenters. The van der Waals surface area contributed by atoms with E-state index in [-0.39, 0.29) is 12.2 Å². The summed E-state index contributed by atoms with van der Waals surface area (Å²) in [5.74, 6) is -0.737. The molecule has 3 aromatic heterocycles. The lowest BCUT2D eigenvalue weighted by Gasteiger charge is -2.09. The number of nitrogens with zero attached hydrogens (tertiary/aromatic N) is 3. The summed E-state index contributed by atoms with van der Waals surface area (Å²) < 4.78 is 0. The van der Waals surface area contributed by atoms with Gasteiger partial charge in [0.1, 0.15) is 17.5 Å². The van der Waals surface area contributed by atoms with Crippen molar-refractivity contribution in [3.63, 3.8) is 0 Å². The SMILES string of the molecule is N#Cc1c(-c2ccncc2)cc(-c2cc(CC(=O)O)cs2)nc1N. The quantitative estimate of drug-likeness (QED) is 0.757. The number of carboxylic acid groups (broad SMARTS) is 1. The highest BCUT2D eigenvalue weighted by atomic mass is 32.1. The molecule has 0 bridgehead atoms. The van der Waals surface area contributed by atoms with Crippen LogP contribution in [0.15, 0.2) is 42.0 Å². The first-order valence-corrected chi connectivity index (χ1v) is 7.87. The molecule has 6 nitrogen and oxygen atoms in total. The monoisotopic (exact) mass is 336 g/mol. The number of carbonyl (C=O) groups is 1. The molecule has 3 N–H and O–H groups in total. The summed E-state index contributed by atoms with van der Waals surface area (Å²) in [4.78, 5) is 19.9. The van der Waals surface area contributed by atoms with E-state index in [2.05, 4.69) is 16.0 Å². The maximum atomic E-state index is 10.8. The molecule has 0 spiro atoms. The van der Waals surface area contributed by atoms with Crippen molar-refractivity contribution in [3.8, 4) is 27.8 Å². The van der Waals surface area contributed by atoms with E-state index in [1.807, 2.05) is 0 Å². The summed E-state index contributed by atoms with van der Waals surface area (Å²) in [6.45, 7) is 0. The van der Waals surface area contributed by atoms with Gasteiger partial charge in [0.25, 0.3) is 0 Å². The van der Waals surface area contributed by atoms with E-state index in [4.69, 9.17) is 10.8 Å². The molecule has 3 heterocycles. The Morgan fingerprint density at radius 3 is 2.75 bits per heavy atom. The zero-order chi connectivity index (χ0) is 17.1. The fourth-order valence-corrected chi connectivity index (χ4v) is 3.22. The molecule has 7 heteroatoms. The van der Waals surface area contributed by atoms with Crippen LogP contribution in [-0.4, -0.2) is 21.0 Å². The molecular weight excluding hydrogens is 324 g/mol. The first-order chi connectivity index (χ1) is 11.6. The number of carboxylic acids is 1. The Morgan fingerprint density at radius 2 is 2.08 bits per heavy atom. The molecular formula is C17H12N4O2S. The van der Waals surface area contributed by atoms with Crippen LogP contribution in [0.4, 0.5) is 5.82 Å². The minimum atomic E-state index is -0.885. The maximum Gasteiger partial charge on any atom is 0.307 e. The lowest BCUT2D eigenvalue weighted by molar-refractivity contribution is -0.136. The topological polar surface area (TPSA) is 113 Å². The van der Waals surface area contributed by atoms with Crippen molar-refractivity contribution in [2.75, 3.05) is 5.73 Å². The molecule has 0 amide bonds. The number of pyridine rings is 2. The molecule has 24 heavy (non-hydrogen) atoms. The highest BCUT2D eigenvalue weighted by Crippen LogP contribution is 2.33. The third-order valence-electron chi connectivity index (χ3n) is 3.41. The van der Waals surface area contributed by atoms with Crippen molar-refractivity contribution in [1.82, 2.24) is 9.97 Å². The molecule has 0 aliphatic heterocycles. The molecule has 0 aliphatic carbocycles.